The van der Waals surface area contributed by atoms with Crippen molar-refractivity contribution in [1.82, 2.24) is 15.1 Å². The minimum absolute atomic E-state index is 0.0312. The maximum atomic E-state index is 13.4. The Bertz CT molecular complexity index is 1330. The first-order chi connectivity index (χ1) is 17.8. The number of piperidine rings is 1. The number of carbonyl (C=O) groups is 1. The van der Waals surface area contributed by atoms with Crippen molar-refractivity contribution in [3.8, 4) is 33.7 Å². The number of rotatable bonds is 5. The van der Waals surface area contributed by atoms with E-state index in [1.165, 1.54) is 12.1 Å². The molecule has 9 heteroatoms. The molecule has 0 radical (unpaired) electrons. The molecule has 1 aliphatic rings. The van der Waals surface area contributed by atoms with E-state index in [2.05, 4.69) is 10.2 Å². The van der Waals surface area contributed by atoms with E-state index in [1.54, 1.807) is 24.3 Å². The van der Waals surface area contributed by atoms with Crippen LogP contribution in [0.4, 0.5) is 13.2 Å². The summed E-state index contributed by atoms with van der Waals surface area (Å²) in [6.45, 7) is 1.22. The summed E-state index contributed by atoms with van der Waals surface area (Å²) in [6.07, 6.45) is 0.869. The number of benzene rings is 3. The first kappa shape index (κ1) is 26.2. The zero-order chi connectivity index (χ0) is 26.4. The lowest BCUT2D eigenvalue weighted by molar-refractivity contribution is -0.0504. The fourth-order valence-corrected chi connectivity index (χ4v) is 3.92. The number of aldehydes is 1. The molecule has 0 atom stereocenters. The Morgan fingerprint density at radius 3 is 2.11 bits per heavy atom. The molecule has 2 heterocycles. The van der Waals surface area contributed by atoms with E-state index in [-0.39, 0.29) is 25.2 Å². The molecule has 0 amide bonds. The molecular formula is C28H27F3N4O2. The van der Waals surface area contributed by atoms with Crippen LogP contribution in [-0.2, 0) is 6.54 Å². The van der Waals surface area contributed by atoms with E-state index >= 15 is 0 Å². The first-order valence-corrected chi connectivity index (χ1v) is 11.8. The van der Waals surface area contributed by atoms with Gasteiger partial charge in [0.15, 0.2) is 0 Å². The van der Waals surface area contributed by atoms with Crippen molar-refractivity contribution in [3.05, 3.63) is 84.0 Å². The molecule has 0 bridgehead atoms. The zero-order valence-electron chi connectivity index (χ0n) is 20.3. The lowest BCUT2D eigenvalue weighted by Crippen LogP contribution is -2.36. The lowest BCUT2D eigenvalue weighted by Gasteiger charge is -2.28. The van der Waals surface area contributed by atoms with Gasteiger partial charge in [-0.25, -0.2) is 13.2 Å². The van der Waals surface area contributed by atoms with Gasteiger partial charge in [0.25, 0.3) is 5.92 Å². The predicted molar refractivity (Wildman–Crippen MR) is 136 cm³/mol. The van der Waals surface area contributed by atoms with Crippen LogP contribution in [-0.4, -0.2) is 47.4 Å². The van der Waals surface area contributed by atoms with Crippen molar-refractivity contribution in [3.63, 3.8) is 0 Å². The third-order valence-corrected chi connectivity index (χ3v) is 6.15. The Kier molecular flexibility index (Phi) is 8.15. The normalized spacial score (nSPS) is 15.1. The molecule has 1 saturated heterocycles. The van der Waals surface area contributed by atoms with Gasteiger partial charge in [-0.2, -0.15) is 0 Å². The van der Waals surface area contributed by atoms with Gasteiger partial charge in [0.2, 0.25) is 11.8 Å². The van der Waals surface area contributed by atoms with Crippen LogP contribution in [0.15, 0.2) is 71.1 Å². The van der Waals surface area contributed by atoms with Crippen LogP contribution in [0.5, 0.6) is 0 Å². The highest BCUT2D eigenvalue weighted by Crippen LogP contribution is 2.35. The molecule has 0 saturated carbocycles. The van der Waals surface area contributed by atoms with Crippen LogP contribution in [0.3, 0.4) is 0 Å². The fourth-order valence-electron chi connectivity index (χ4n) is 3.92. The summed E-state index contributed by atoms with van der Waals surface area (Å²) in [5, 5.41) is 8.00. The van der Waals surface area contributed by atoms with Crippen molar-refractivity contribution >= 4 is 6.29 Å². The van der Waals surface area contributed by atoms with Crippen molar-refractivity contribution in [2.75, 3.05) is 20.1 Å². The summed E-state index contributed by atoms with van der Waals surface area (Å²) in [6, 6.07) is 19.3. The maximum Gasteiger partial charge on any atom is 0.250 e. The molecule has 6 nitrogen and oxygen atoms in total. The van der Waals surface area contributed by atoms with Gasteiger partial charge in [-0.15, -0.1) is 10.2 Å². The second-order valence-electron chi connectivity index (χ2n) is 8.87. The van der Waals surface area contributed by atoms with Gasteiger partial charge in [0, 0.05) is 37.1 Å². The molecule has 1 fully saturated rings. The van der Waals surface area contributed by atoms with Gasteiger partial charge >= 0.3 is 0 Å². The van der Waals surface area contributed by atoms with Gasteiger partial charge in [0.05, 0.1) is 6.54 Å². The van der Waals surface area contributed by atoms with E-state index < -0.39 is 5.92 Å². The Morgan fingerprint density at radius 2 is 1.54 bits per heavy atom. The topological polar surface area (TPSA) is 85.2 Å². The van der Waals surface area contributed by atoms with Gasteiger partial charge in [-0.3, -0.25) is 4.79 Å². The number of aromatic nitrogens is 2. The molecule has 192 valence electrons. The van der Waals surface area contributed by atoms with Gasteiger partial charge in [0.1, 0.15) is 12.1 Å². The van der Waals surface area contributed by atoms with Crippen LogP contribution in [0.25, 0.3) is 33.7 Å². The second kappa shape index (κ2) is 11.5. The fraction of sp³-hybridized carbons (Fsp3) is 0.250. The Hall–Kier alpha value is -3.82. The number of carbonyl (C=O) groups excluding carboxylic acids is 1. The summed E-state index contributed by atoms with van der Waals surface area (Å²) in [4.78, 5) is 12.8. The molecule has 4 aromatic rings. The smallest absolute Gasteiger partial charge is 0.250 e. The number of likely N-dealkylation sites (tertiary alicyclic amines) is 1. The SMILES string of the molecule is CN1CCC(F)(F)CC1.NCc1nnc(-c2ccc(-c3ccc(C=O)cc3)cc2-c2ccc(F)cc2)o1. The Morgan fingerprint density at radius 1 is 0.919 bits per heavy atom. The summed E-state index contributed by atoms with van der Waals surface area (Å²) in [5.74, 6) is -2.00. The average molecular weight is 509 g/mol. The second-order valence-corrected chi connectivity index (χ2v) is 8.87. The van der Waals surface area contributed by atoms with Crippen LogP contribution in [0.2, 0.25) is 0 Å². The number of nitrogens with zero attached hydrogens (tertiary/aromatic N) is 3. The molecule has 1 aliphatic heterocycles. The van der Waals surface area contributed by atoms with Crippen LogP contribution in [0.1, 0.15) is 29.1 Å². The van der Waals surface area contributed by atoms with Gasteiger partial charge in [-0.05, 0) is 53.6 Å². The molecule has 0 unspecified atom stereocenters. The first-order valence-electron chi connectivity index (χ1n) is 11.8. The molecule has 37 heavy (non-hydrogen) atoms. The molecular weight excluding hydrogens is 481 g/mol. The Balaban J connectivity index is 0.000000301. The third kappa shape index (κ3) is 6.69. The number of nitrogens with two attached hydrogens (primary N) is 1. The average Bonchev–Trinajstić information content (AvgIpc) is 3.40. The van der Waals surface area contributed by atoms with E-state index in [1.807, 2.05) is 42.3 Å². The molecule has 0 spiro atoms. The molecule has 1 aromatic heterocycles. The number of hydrogen-bond acceptors (Lipinski definition) is 6. The minimum Gasteiger partial charge on any atom is -0.419 e. The van der Waals surface area contributed by atoms with Crippen LogP contribution >= 0.6 is 0 Å². The summed E-state index contributed by atoms with van der Waals surface area (Å²) >= 11 is 0. The van der Waals surface area contributed by atoms with E-state index in [0.29, 0.717) is 30.4 Å². The van der Waals surface area contributed by atoms with Crippen LogP contribution < -0.4 is 5.73 Å². The largest absolute Gasteiger partial charge is 0.419 e. The van der Waals surface area contributed by atoms with Crippen molar-refractivity contribution in [2.45, 2.75) is 25.3 Å². The summed E-state index contributed by atoms with van der Waals surface area (Å²) in [5.41, 5.74) is 10.4. The van der Waals surface area contributed by atoms with Crippen LogP contribution in [0, 0.1) is 5.82 Å². The highest BCUT2D eigenvalue weighted by atomic mass is 19.3. The standard InChI is InChI=1S/C22H16FN3O2.C6H11F2N/c23-18-8-5-16(6-9-18)20-11-17(15-3-1-14(13-27)2-4-15)7-10-19(20)22-26-25-21(12-24)28-22;1-9-4-2-6(7,8)3-5-9/h1-11,13H,12,24H2;2-5H2,1H3. The molecule has 3 aromatic carbocycles. The third-order valence-electron chi connectivity index (χ3n) is 6.15. The minimum atomic E-state index is -2.38. The highest BCUT2D eigenvalue weighted by molar-refractivity contribution is 5.85. The quantitative estimate of drug-likeness (QED) is 0.342. The maximum absolute atomic E-state index is 13.4. The van der Waals surface area contributed by atoms with E-state index in [9.17, 15) is 18.0 Å². The van der Waals surface area contributed by atoms with Crippen molar-refractivity contribution in [1.29, 1.82) is 0 Å². The van der Waals surface area contributed by atoms with Crippen molar-refractivity contribution in [2.24, 2.45) is 5.73 Å². The molecule has 2 N–H and O–H groups in total. The van der Waals surface area contributed by atoms with E-state index in [4.69, 9.17) is 10.2 Å². The number of halogens is 3. The summed E-state index contributed by atoms with van der Waals surface area (Å²) in [7, 11) is 1.87. The molecule has 5 rings (SSSR count). The van der Waals surface area contributed by atoms with Gasteiger partial charge in [-0.1, -0.05) is 42.5 Å². The molecule has 0 aliphatic carbocycles. The highest BCUT2D eigenvalue weighted by Gasteiger charge is 2.32. The number of hydrogen-bond donors (Lipinski definition) is 1. The summed E-state index contributed by atoms with van der Waals surface area (Å²) < 4.78 is 43.7. The predicted octanol–water partition coefficient (Wildman–Crippen LogP) is 5.83. The number of alkyl halides is 2. The lowest BCUT2D eigenvalue weighted by atomic mass is 9.94. The zero-order valence-corrected chi connectivity index (χ0v) is 20.3. The van der Waals surface area contributed by atoms with Crippen molar-refractivity contribution < 1.29 is 22.4 Å². The van der Waals surface area contributed by atoms with Gasteiger partial charge < -0.3 is 15.1 Å². The Labute approximate surface area is 212 Å². The van der Waals surface area contributed by atoms with E-state index in [0.717, 1.165) is 34.1 Å². The monoisotopic (exact) mass is 508 g/mol.